The zero-order valence-electron chi connectivity index (χ0n) is 14.5. The second-order valence-electron chi connectivity index (χ2n) is 7.14. The number of rotatable bonds is 3. The maximum atomic E-state index is 12.9. The Kier molecular flexibility index (Phi) is 4.37. The summed E-state index contributed by atoms with van der Waals surface area (Å²) in [5, 5.41) is 0. The Morgan fingerprint density at radius 3 is 1.62 bits per heavy atom. The van der Waals surface area contributed by atoms with Crippen LogP contribution in [0.15, 0.2) is 48.5 Å². The smallest absolute Gasteiger partial charge is 0.399 e. The summed E-state index contributed by atoms with van der Waals surface area (Å²) in [6.45, 7) is 8.19. The summed E-state index contributed by atoms with van der Waals surface area (Å²) >= 11 is 0. The molecular formula is C20H22BFO2. The Hall–Kier alpha value is -1.91. The van der Waals surface area contributed by atoms with Gasteiger partial charge in [-0.05, 0) is 56.4 Å². The zero-order valence-corrected chi connectivity index (χ0v) is 14.5. The van der Waals surface area contributed by atoms with Crippen molar-refractivity contribution in [2.75, 3.05) is 0 Å². The van der Waals surface area contributed by atoms with Gasteiger partial charge in [0, 0.05) is 0 Å². The van der Waals surface area contributed by atoms with Crippen LogP contribution in [0.1, 0.15) is 38.8 Å². The molecule has 0 amide bonds. The first-order valence-electron chi connectivity index (χ1n) is 8.16. The highest BCUT2D eigenvalue weighted by molar-refractivity contribution is 6.62. The van der Waals surface area contributed by atoms with Crippen molar-refractivity contribution < 1.29 is 13.7 Å². The maximum Gasteiger partial charge on any atom is 0.494 e. The van der Waals surface area contributed by atoms with E-state index in [-0.39, 0.29) is 24.1 Å². The van der Waals surface area contributed by atoms with Crippen LogP contribution in [0.5, 0.6) is 0 Å². The van der Waals surface area contributed by atoms with Crippen LogP contribution in [-0.2, 0) is 9.31 Å². The van der Waals surface area contributed by atoms with Crippen molar-refractivity contribution in [1.82, 2.24) is 0 Å². The van der Waals surface area contributed by atoms with E-state index in [0.717, 1.165) is 16.6 Å². The first-order valence-corrected chi connectivity index (χ1v) is 8.16. The quantitative estimate of drug-likeness (QED) is 0.619. The molecule has 0 radical (unpaired) electrons. The molecule has 1 aliphatic heterocycles. The monoisotopic (exact) mass is 324 g/mol. The molecule has 4 heteroatoms. The molecule has 0 N–H and O–H groups in total. The number of hydrogen-bond donors (Lipinski definition) is 0. The van der Waals surface area contributed by atoms with Crippen LogP contribution in [0, 0.1) is 5.82 Å². The molecule has 0 unspecified atom stereocenters. The number of halogens is 1. The van der Waals surface area contributed by atoms with Crippen LogP contribution in [-0.4, -0.2) is 18.3 Å². The summed E-state index contributed by atoms with van der Waals surface area (Å²) in [6, 6.07) is 14.5. The van der Waals surface area contributed by atoms with Crippen LogP contribution in [0.4, 0.5) is 4.39 Å². The first kappa shape index (κ1) is 16.9. The fourth-order valence-electron chi connectivity index (χ4n) is 2.51. The topological polar surface area (TPSA) is 18.5 Å². The lowest BCUT2D eigenvalue weighted by molar-refractivity contribution is 0.00578. The van der Waals surface area contributed by atoms with Gasteiger partial charge in [-0.3, -0.25) is 0 Å². The molecule has 2 nitrogen and oxygen atoms in total. The van der Waals surface area contributed by atoms with Crippen LogP contribution < -0.4 is 5.46 Å². The SMILES string of the molecule is CC1(C)OB(c2ccc(C=Cc3ccc(F)cc3)cc2)OC1(C)C. The molecule has 1 heterocycles. The van der Waals surface area contributed by atoms with E-state index in [1.54, 1.807) is 12.1 Å². The normalized spacial score (nSPS) is 19.1. The highest BCUT2D eigenvalue weighted by Gasteiger charge is 2.51. The van der Waals surface area contributed by atoms with E-state index in [1.807, 2.05) is 64.1 Å². The predicted octanol–water partition coefficient (Wildman–Crippen LogP) is 4.30. The third kappa shape index (κ3) is 3.45. The van der Waals surface area contributed by atoms with E-state index in [4.69, 9.17) is 9.31 Å². The van der Waals surface area contributed by atoms with Gasteiger partial charge in [0.05, 0.1) is 11.2 Å². The van der Waals surface area contributed by atoms with Crippen LogP contribution in [0.25, 0.3) is 12.2 Å². The minimum absolute atomic E-state index is 0.223. The molecule has 0 atom stereocenters. The summed E-state index contributed by atoms with van der Waals surface area (Å²) in [5.41, 5.74) is 2.37. The fraction of sp³-hybridized carbons (Fsp3) is 0.300. The second kappa shape index (κ2) is 6.19. The largest absolute Gasteiger partial charge is 0.494 e. The van der Waals surface area contributed by atoms with E-state index in [9.17, 15) is 4.39 Å². The molecule has 0 aliphatic carbocycles. The Morgan fingerprint density at radius 2 is 1.17 bits per heavy atom. The third-order valence-corrected chi connectivity index (χ3v) is 4.80. The number of hydrogen-bond acceptors (Lipinski definition) is 2. The van der Waals surface area contributed by atoms with Gasteiger partial charge in [-0.15, -0.1) is 0 Å². The van der Waals surface area contributed by atoms with Crippen LogP contribution >= 0.6 is 0 Å². The summed E-state index contributed by atoms with van der Waals surface area (Å²) in [5.74, 6) is -0.223. The van der Waals surface area contributed by atoms with Crippen LogP contribution in [0.3, 0.4) is 0 Å². The van der Waals surface area contributed by atoms with E-state index in [2.05, 4.69) is 0 Å². The number of benzene rings is 2. The van der Waals surface area contributed by atoms with E-state index in [1.165, 1.54) is 12.1 Å². The van der Waals surface area contributed by atoms with Gasteiger partial charge in [0.15, 0.2) is 0 Å². The van der Waals surface area contributed by atoms with Gasteiger partial charge in [0.2, 0.25) is 0 Å². The van der Waals surface area contributed by atoms with Crippen molar-refractivity contribution in [3.05, 3.63) is 65.5 Å². The van der Waals surface area contributed by atoms with Gasteiger partial charge in [-0.25, -0.2) is 4.39 Å². The summed E-state index contributed by atoms with van der Waals surface area (Å²) in [4.78, 5) is 0. The van der Waals surface area contributed by atoms with Crippen molar-refractivity contribution >= 4 is 24.7 Å². The molecule has 0 saturated carbocycles. The molecule has 24 heavy (non-hydrogen) atoms. The molecule has 2 aromatic carbocycles. The molecule has 124 valence electrons. The van der Waals surface area contributed by atoms with Gasteiger partial charge < -0.3 is 9.31 Å². The van der Waals surface area contributed by atoms with Crippen molar-refractivity contribution in [1.29, 1.82) is 0 Å². The van der Waals surface area contributed by atoms with Crippen molar-refractivity contribution in [3.63, 3.8) is 0 Å². The van der Waals surface area contributed by atoms with E-state index in [0.29, 0.717) is 0 Å². The van der Waals surface area contributed by atoms with Gasteiger partial charge >= 0.3 is 7.12 Å². The highest BCUT2D eigenvalue weighted by Crippen LogP contribution is 2.36. The molecule has 0 spiro atoms. The minimum atomic E-state index is -0.342. The Bertz CT molecular complexity index is 717. The molecule has 3 rings (SSSR count). The third-order valence-electron chi connectivity index (χ3n) is 4.80. The molecule has 1 saturated heterocycles. The Labute approximate surface area is 143 Å². The lowest BCUT2D eigenvalue weighted by atomic mass is 9.79. The molecular weight excluding hydrogens is 302 g/mol. The average Bonchev–Trinajstić information content (AvgIpc) is 2.75. The fourth-order valence-corrected chi connectivity index (χ4v) is 2.51. The highest BCUT2D eigenvalue weighted by atomic mass is 19.1. The Morgan fingerprint density at radius 1 is 0.750 bits per heavy atom. The molecule has 1 fully saturated rings. The standard InChI is InChI=1S/C20H22BFO2/c1-19(2)20(3,4)24-21(23-19)17-11-7-15(8-12-17)5-6-16-9-13-18(22)14-10-16/h5-14H,1-4H3. The lowest BCUT2D eigenvalue weighted by Crippen LogP contribution is -2.41. The van der Waals surface area contributed by atoms with Crippen molar-refractivity contribution in [2.45, 2.75) is 38.9 Å². The molecule has 0 aromatic heterocycles. The summed E-state index contributed by atoms with van der Waals surface area (Å²) in [6.07, 6.45) is 3.96. The Balaban J connectivity index is 1.71. The van der Waals surface area contributed by atoms with Gasteiger partial charge in [-0.2, -0.15) is 0 Å². The predicted molar refractivity (Wildman–Crippen MR) is 97.5 cm³/mol. The van der Waals surface area contributed by atoms with E-state index < -0.39 is 0 Å². The van der Waals surface area contributed by atoms with Gasteiger partial charge in [0.25, 0.3) is 0 Å². The molecule has 2 aromatic rings. The first-order chi connectivity index (χ1) is 11.3. The van der Waals surface area contributed by atoms with E-state index >= 15 is 0 Å². The van der Waals surface area contributed by atoms with Gasteiger partial charge in [0.1, 0.15) is 5.82 Å². The average molecular weight is 324 g/mol. The van der Waals surface area contributed by atoms with Gasteiger partial charge in [-0.1, -0.05) is 48.6 Å². The zero-order chi connectivity index (χ0) is 17.4. The van der Waals surface area contributed by atoms with Crippen molar-refractivity contribution in [2.24, 2.45) is 0 Å². The minimum Gasteiger partial charge on any atom is -0.399 e. The van der Waals surface area contributed by atoms with Crippen molar-refractivity contribution in [3.8, 4) is 0 Å². The summed E-state index contributed by atoms with van der Waals surface area (Å²) in [7, 11) is -0.342. The van der Waals surface area contributed by atoms with Crippen LogP contribution in [0.2, 0.25) is 0 Å². The molecule has 0 bridgehead atoms. The second-order valence-corrected chi connectivity index (χ2v) is 7.14. The molecule has 1 aliphatic rings. The lowest BCUT2D eigenvalue weighted by Gasteiger charge is -2.32. The maximum absolute atomic E-state index is 12.9. The summed E-state index contributed by atoms with van der Waals surface area (Å²) < 4.78 is 25.0.